The molecule has 0 aliphatic carbocycles. The molecule has 0 spiro atoms. The molecule has 26 heavy (non-hydrogen) atoms. The second kappa shape index (κ2) is 7.66. The molecule has 0 aromatic heterocycles. The van der Waals surface area contributed by atoms with Crippen LogP contribution in [-0.4, -0.2) is 32.5 Å². The van der Waals surface area contributed by atoms with E-state index in [2.05, 4.69) is 0 Å². The highest BCUT2D eigenvalue weighted by Crippen LogP contribution is 2.42. The van der Waals surface area contributed by atoms with E-state index in [1.165, 1.54) is 0 Å². The van der Waals surface area contributed by atoms with E-state index >= 15 is 0 Å². The van der Waals surface area contributed by atoms with Crippen molar-refractivity contribution in [2.24, 2.45) is 0 Å². The Labute approximate surface area is 154 Å². The molecule has 2 aromatic carbocycles. The zero-order valence-corrected chi connectivity index (χ0v) is 16.0. The molecule has 1 heterocycles. The van der Waals surface area contributed by atoms with Gasteiger partial charge in [-0.15, -0.1) is 0 Å². The second-order valence-electron chi connectivity index (χ2n) is 6.50. The fraction of sp³-hybridized carbons (Fsp3) is 0.429. The van der Waals surface area contributed by atoms with Crippen LogP contribution in [0.1, 0.15) is 45.8 Å². The van der Waals surface area contributed by atoms with Gasteiger partial charge in [-0.2, -0.15) is 0 Å². The fourth-order valence-corrected chi connectivity index (χ4v) is 3.57. The summed E-state index contributed by atoms with van der Waals surface area (Å²) in [5.41, 5.74) is 5.32. The molecule has 5 nitrogen and oxygen atoms in total. The van der Waals surface area contributed by atoms with Crippen LogP contribution in [0.15, 0.2) is 24.3 Å². The Morgan fingerprint density at radius 2 is 1.42 bits per heavy atom. The molecule has 3 rings (SSSR count). The average Bonchev–Trinajstić information content (AvgIpc) is 3.19. The summed E-state index contributed by atoms with van der Waals surface area (Å²) in [5, 5.41) is 11.1. The van der Waals surface area contributed by atoms with Gasteiger partial charge in [0.2, 0.25) is 0 Å². The maximum atomic E-state index is 11.1. The quantitative estimate of drug-likeness (QED) is 0.882. The zero-order valence-electron chi connectivity index (χ0n) is 16.0. The number of ether oxygens (including phenoxy) is 4. The minimum atomic E-state index is -0.822. The molecule has 1 fully saturated rings. The highest BCUT2D eigenvalue weighted by atomic mass is 16.7. The first kappa shape index (κ1) is 18.7. The first-order valence-corrected chi connectivity index (χ1v) is 8.72. The van der Waals surface area contributed by atoms with Crippen molar-refractivity contribution in [1.82, 2.24) is 0 Å². The SMILES string of the molecule is COc1c(C)c(C)c(OC)c(C(O)c2ccc(C3OCCO3)cc2)c1C. The van der Waals surface area contributed by atoms with Gasteiger partial charge in [0.1, 0.15) is 17.6 Å². The largest absolute Gasteiger partial charge is 0.496 e. The Morgan fingerprint density at radius 3 is 1.96 bits per heavy atom. The van der Waals surface area contributed by atoms with Crippen LogP contribution < -0.4 is 9.47 Å². The van der Waals surface area contributed by atoms with Gasteiger partial charge in [0.15, 0.2) is 6.29 Å². The van der Waals surface area contributed by atoms with E-state index in [0.29, 0.717) is 19.0 Å². The fourth-order valence-electron chi connectivity index (χ4n) is 3.57. The number of methoxy groups -OCH3 is 2. The van der Waals surface area contributed by atoms with Gasteiger partial charge in [0.05, 0.1) is 27.4 Å². The highest BCUT2D eigenvalue weighted by molar-refractivity contribution is 5.60. The van der Waals surface area contributed by atoms with E-state index in [0.717, 1.165) is 39.1 Å². The molecule has 1 saturated heterocycles. The van der Waals surface area contributed by atoms with Gasteiger partial charge < -0.3 is 24.1 Å². The van der Waals surface area contributed by atoms with E-state index in [1.54, 1.807) is 14.2 Å². The Balaban J connectivity index is 2.01. The smallest absolute Gasteiger partial charge is 0.184 e. The molecule has 0 radical (unpaired) electrons. The predicted molar refractivity (Wildman–Crippen MR) is 98.9 cm³/mol. The number of aliphatic hydroxyl groups excluding tert-OH is 1. The lowest BCUT2D eigenvalue weighted by Gasteiger charge is -2.24. The number of rotatable bonds is 5. The highest BCUT2D eigenvalue weighted by Gasteiger charge is 2.25. The van der Waals surface area contributed by atoms with E-state index in [-0.39, 0.29) is 6.29 Å². The van der Waals surface area contributed by atoms with Crippen molar-refractivity contribution in [2.75, 3.05) is 27.4 Å². The van der Waals surface area contributed by atoms with Crippen molar-refractivity contribution >= 4 is 0 Å². The first-order valence-electron chi connectivity index (χ1n) is 8.72. The first-order chi connectivity index (χ1) is 12.5. The molecule has 1 unspecified atom stereocenters. The van der Waals surface area contributed by atoms with Crippen LogP contribution in [0.4, 0.5) is 0 Å². The summed E-state index contributed by atoms with van der Waals surface area (Å²) in [6.07, 6.45) is -1.14. The van der Waals surface area contributed by atoms with Gasteiger partial charge in [-0.1, -0.05) is 24.3 Å². The third-order valence-electron chi connectivity index (χ3n) is 5.06. The minimum absolute atomic E-state index is 0.320. The molecule has 1 atom stereocenters. The van der Waals surface area contributed by atoms with Crippen LogP contribution in [0.25, 0.3) is 0 Å². The van der Waals surface area contributed by atoms with Crippen LogP contribution in [0.5, 0.6) is 11.5 Å². The molecule has 1 N–H and O–H groups in total. The zero-order chi connectivity index (χ0) is 18.8. The van der Waals surface area contributed by atoms with Gasteiger partial charge in [-0.25, -0.2) is 0 Å². The minimum Gasteiger partial charge on any atom is -0.496 e. The number of hydrogen-bond donors (Lipinski definition) is 1. The van der Waals surface area contributed by atoms with Gasteiger partial charge in [0.25, 0.3) is 0 Å². The van der Waals surface area contributed by atoms with E-state index < -0.39 is 6.10 Å². The van der Waals surface area contributed by atoms with E-state index in [4.69, 9.17) is 18.9 Å². The molecule has 0 bridgehead atoms. The molecular formula is C21H26O5. The molecule has 2 aromatic rings. The summed E-state index contributed by atoms with van der Waals surface area (Å²) in [7, 11) is 3.27. The summed E-state index contributed by atoms with van der Waals surface area (Å²) in [4.78, 5) is 0. The molecule has 140 valence electrons. The molecule has 0 amide bonds. The van der Waals surface area contributed by atoms with Crippen molar-refractivity contribution in [3.8, 4) is 11.5 Å². The summed E-state index contributed by atoms with van der Waals surface area (Å²) in [5.74, 6) is 1.47. The van der Waals surface area contributed by atoms with Gasteiger partial charge in [0, 0.05) is 16.7 Å². The molecule has 1 aliphatic heterocycles. The van der Waals surface area contributed by atoms with Crippen molar-refractivity contribution in [2.45, 2.75) is 33.2 Å². The normalized spacial score (nSPS) is 15.9. The van der Waals surface area contributed by atoms with Crippen LogP contribution in [0, 0.1) is 20.8 Å². The van der Waals surface area contributed by atoms with Crippen molar-refractivity contribution in [3.63, 3.8) is 0 Å². The van der Waals surface area contributed by atoms with Gasteiger partial charge in [-0.05, 0) is 37.5 Å². The van der Waals surface area contributed by atoms with Gasteiger partial charge in [-0.3, -0.25) is 0 Å². The maximum absolute atomic E-state index is 11.1. The van der Waals surface area contributed by atoms with Crippen LogP contribution >= 0.6 is 0 Å². The Hall–Kier alpha value is -2.08. The van der Waals surface area contributed by atoms with E-state index in [9.17, 15) is 5.11 Å². The third-order valence-corrected chi connectivity index (χ3v) is 5.06. The predicted octanol–water partition coefficient (Wildman–Crippen LogP) is 3.76. The standard InChI is InChI=1S/C21H26O5/c1-12-13(2)20(24-5)17(14(3)19(12)23-4)18(22)15-6-8-16(9-7-15)21-25-10-11-26-21/h6-9,18,21-22H,10-11H2,1-5H3. The van der Waals surface area contributed by atoms with Crippen LogP contribution in [0.3, 0.4) is 0 Å². The maximum Gasteiger partial charge on any atom is 0.184 e. The van der Waals surface area contributed by atoms with Gasteiger partial charge >= 0.3 is 0 Å². The lowest BCUT2D eigenvalue weighted by Crippen LogP contribution is -2.09. The molecule has 0 saturated carbocycles. The lowest BCUT2D eigenvalue weighted by atomic mass is 9.90. The summed E-state index contributed by atoms with van der Waals surface area (Å²) < 4.78 is 22.2. The third kappa shape index (κ3) is 3.18. The monoisotopic (exact) mass is 358 g/mol. The lowest BCUT2D eigenvalue weighted by molar-refractivity contribution is -0.0441. The van der Waals surface area contributed by atoms with Crippen LogP contribution in [-0.2, 0) is 9.47 Å². The average molecular weight is 358 g/mol. The summed E-state index contributed by atoms with van der Waals surface area (Å²) in [6, 6.07) is 7.64. The Kier molecular flexibility index (Phi) is 5.51. The van der Waals surface area contributed by atoms with Crippen molar-refractivity contribution in [1.29, 1.82) is 0 Å². The van der Waals surface area contributed by atoms with Crippen LogP contribution in [0.2, 0.25) is 0 Å². The summed E-state index contributed by atoms with van der Waals surface area (Å²) >= 11 is 0. The van der Waals surface area contributed by atoms with Crippen molar-refractivity contribution in [3.05, 3.63) is 57.6 Å². The second-order valence-corrected chi connectivity index (χ2v) is 6.50. The number of benzene rings is 2. The Bertz CT molecular complexity index is 776. The summed E-state index contributed by atoms with van der Waals surface area (Å²) in [6.45, 7) is 7.13. The molecule has 5 heteroatoms. The Morgan fingerprint density at radius 1 is 0.885 bits per heavy atom. The molecule has 1 aliphatic rings. The number of hydrogen-bond acceptors (Lipinski definition) is 5. The topological polar surface area (TPSA) is 57.2 Å². The number of aliphatic hydroxyl groups is 1. The van der Waals surface area contributed by atoms with Crippen molar-refractivity contribution < 1.29 is 24.1 Å². The molecular weight excluding hydrogens is 332 g/mol. The van der Waals surface area contributed by atoms with E-state index in [1.807, 2.05) is 45.0 Å².